The normalized spacial score (nSPS) is 20.1. The summed E-state index contributed by atoms with van der Waals surface area (Å²) in [6, 6.07) is 3.37. The van der Waals surface area contributed by atoms with Gasteiger partial charge in [-0.2, -0.15) is 0 Å². The van der Waals surface area contributed by atoms with Gasteiger partial charge in [0.25, 0.3) is 0 Å². The zero-order valence-electron chi connectivity index (χ0n) is 12.3. The van der Waals surface area contributed by atoms with Crippen molar-refractivity contribution in [2.75, 3.05) is 19.8 Å². The first-order valence-electron chi connectivity index (χ1n) is 6.99. The molecule has 0 unspecified atom stereocenters. The van der Waals surface area contributed by atoms with Crippen LogP contribution in [-0.2, 0) is 9.53 Å². The molecule has 6 nitrogen and oxygen atoms in total. The quantitative estimate of drug-likeness (QED) is 0.858. The van der Waals surface area contributed by atoms with Gasteiger partial charge in [0.2, 0.25) is 17.7 Å². The molecular weight excluding hydrogens is 326 g/mol. The van der Waals surface area contributed by atoms with Crippen LogP contribution in [0, 0.1) is 6.92 Å². The Morgan fingerprint density at radius 2 is 2.32 bits per heavy atom. The standard InChI is InChI=1S/C14H16ClN3O3S/c1-8(11-3-4-12(15)22-11)14(19)18-5-6-20-7-10(18)13-17-16-9(2)21-13/h3-4,8,10H,5-7H2,1-2H3/t8-,10+/m1/s1. The maximum atomic E-state index is 12.8. The number of morpholine rings is 1. The van der Waals surface area contributed by atoms with E-state index < -0.39 is 0 Å². The number of aryl methyl sites for hydroxylation is 1. The number of rotatable bonds is 3. The number of hydrogen-bond donors (Lipinski definition) is 0. The Labute approximate surface area is 137 Å². The van der Waals surface area contributed by atoms with Gasteiger partial charge in [-0.3, -0.25) is 4.79 Å². The molecule has 2 atom stereocenters. The van der Waals surface area contributed by atoms with Gasteiger partial charge in [-0.05, 0) is 19.1 Å². The van der Waals surface area contributed by atoms with Gasteiger partial charge < -0.3 is 14.1 Å². The molecule has 0 radical (unpaired) electrons. The number of hydrogen-bond acceptors (Lipinski definition) is 6. The summed E-state index contributed by atoms with van der Waals surface area (Å²) in [7, 11) is 0. The van der Waals surface area contributed by atoms with Crippen molar-refractivity contribution in [1.29, 1.82) is 0 Å². The van der Waals surface area contributed by atoms with E-state index in [0.29, 0.717) is 35.9 Å². The van der Waals surface area contributed by atoms with Crippen molar-refractivity contribution in [3.63, 3.8) is 0 Å². The minimum absolute atomic E-state index is 0.0164. The summed E-state index contributed by atoms with van der Waals surface area (Å²) in [5.41, 5.74) is 0. The molecule has 2 aromatic heterocycles. The fraction of sp³-hybridized carbons (Fsp3) is 0.500. The second-order valence-corrected chi connectivity index (χ2v) is 6.89. The molecule has 118 valence electrons. The van der Waals surface area contributed by atoms with E-state index in [1.165, 1.54) is 11.3 Å². The number of amides is 1. The Bertz CT molecular complexity index is 672. The Balaban J connectivity index is 1.82. The molecule has 0 N–H and O–H groups in total. The van der Waals surface area contributed by atoms with Crippen molar-refractivity contribution < 1.29 is 13.9 Å². The first-order valence-corrected chi connectivity index (χ1v) is 8.19. The van der Waals surface area contributed by atoms with Crippen LogP contribution in [0.4, 0.5) is 0 Å². The summed E-state index contributed by atoms with van der Waals surface area (Å²) < 4.78 is 11.6. The number of aromatic nitrogens is 2. The third kappa shape index (κ3) is 3.02. The molecule has 0 spiro atoms. The van der Waals surface area contributed by atoms with Crippen molar-refractivity contribution >= 4 is 28.8 Å². The number of thiophene rings is 1. The topological polar surface area (TPSA) is 68.5 Å². The molecule has 1 amide bonds. The molecular formula is C14H16ClN3O3S. The van der Waals surface area contributed by atoms with Crippen molar-refractivity contribution in [2.45, 2.75) is 25.8 Å². The van der Waals surface area contributed by atoms with Gasteiger partial charge in [-0.15, -0.1) is 21.5 Å². The van der Waals surface area contributed by atoms with Gasteiger partial charge in [0, 0.05) is 18.3 Å². The monoisotopic (exact) mass is 341 g/mol. The fourth-order valence-corrected chi connectivity index (χ4v) is 3.56. The van der Waals surface area contributed by atoms with Crippen LogP contribution in [0.15, 0.2) is 16.5 Å². The molecule has 22 heavy (non-hydrogen) atoms. The highest BCUT2D eigenvalue weighted by Crippen LogP contribution is 2.32. The SMILES string of the molecule is Cc1nnc([C@@H]2COCCN2C(=O)[C@H](C)c2ccc(Cl)s2)o1. The van der Waals surface area contributed by atoms with Crippen molar-refractivity contribution in [3.8, 4) is 0 Å². The van der Waals surface area contributed by atoms with Gasteiger partial charge >= 0.3 is 0 Å². The lowest BCUT2D eigenvalue weighted by atomic mass is 10.1. The van der Waals surface area contributed by atoms with Gasteiger partial charge in [0.15, 0.2) is 0 Å². The van der Waals surface area contributed by atoms with Crippen LogP contribution in [0.3, 0.4) is 0 Å². The van der Waals surface area contributed by atoms with E-state index in [2.05, 4.69) is 10.2 Å². The van der Waals surface area contributed by atoms with Gasteiger partial charge in [-0.25, -0.2) is 0 Å². The highest BCUT2D eigenvalue weighted by Gasteiger charge is 2.35. The lowest BCUT2D eigenvalue weighted by Gasteiger charge is -2.35. The summed E-state index contributed by atoms with van der Waals surface area (Å²) in [4.78, 5) is 15.5. The summed E-state index contributed by atoms with van der Waals surface area (Å²) in [5, 5.41) is 7.87. The van der Waals surface area contributed by atoms with Crippen LogP contribution in [-0.4, -0.2) is 40.8 Å². The average Bonchev–Trinajstić information content (AvgIpc) is 3.14. The summed E-state index contributed by atoms with van der Waals surface area (Å²) in [6.45, 7) is 4.99. The average molecular weight is 342 g/mol. The summed E-state index contributed by atoms with van der Waals surface area (Å²) in [5.74, 6) is 0.651. The lowest BCUT2D eigenvalue weighted by molar-refractivity contribution is -0.142. The van der Waals surface area contributed by atoms with Crippen LogP contribution in [0.5, 0.6) is 0 Å². The predicted molar refractivity (Wildman–Crippen MR) is 82.1 cm³/mol. The number of nitrogens with zero attached hydrogens (tertiary/aromatic N) is 3. The largest absolute Gasteiger partial charge is 0.423 e. The molecule has 1 aliphatic rings. The molecule has 2 aromatic rings. The van der Waals surface area contributed by atoms with E-state index >= 15 is 0 Å². The Morgan fingerprint density at radius 3 is 2.95 bits per heavy atom. The lowest BCUT2D eigenvalue weighted by Crippen LogP contribution is -2.45. The second-order valence-electron chi connectivity index (χ2n) is 5.15. The molecule has 3 rings (SSSR count). The van der Waals surface area contributed by atoms with Crippen molar-refractivity contribution in [2.24, 2.45) is 0 Å². The van der Waals surface area contributed by atoms with E-state index in [9.17, 15) is 4.79 Å². The second kappa shape index (κ2) is 6.36. The number of carbonyl (C=O) groups is 1. The van der Waals surface area contributed by atoms with Crippen LogP contribution < -0.4 is 0 Å². The van der Waals surface area contributed by atoms with E-state index in [1.54, 1.807) is 11.8 Å². The van der Waals surface area contributed by atoms with E-state index in [-0.39, 0.29) is 17.9 Å². The number of halogens is 1. The Hall–Kier alpha value is -1.44. The van der Waals surface area contributed by atoms with Crippen LogP contribution >= 0.6 is 22.9 Å². The van der Waals surface area contributed by atoms with Gasteiger partial charge in [0.05, 0.1) is 23.5 Å². The highest BCUT2D eigenvalue weighted by atomic mass is 35.5. The third-order valence-electron chi connectivity index (χ3n) is 3.63. The van der Waals surface area contributed by atoms with Gasteiger partial charge in [-0.1, -0.05) is 11.6 Å². The van der Waals surface area contributed by atoms with Crippen LogP contribution in [0.2, 0.25) is 4.34 Å². The molecule has 1 saturated heterocycles. The third-order valence-corrected chi connectivity index (χ3v) is 5.04. The van der Waals surface area contributed by atoms with E-state index in [4.69, 9.17) is 20.8 Å². The van der Waals surface area contributed by atoms with Crippen molar-refractivity contribution in [3.05, 3.63) is 33.1 Å². The maximum Gasteiger partial charge on any atom is 0.241 e. The fourth-order valence-electron chi connectivity index (χ4n) is 2.45. The van der Waals surface area contributed by atoms with E-state index in [0.717, 1.165) is 4.88 Å². The molecule has 0 aliphatic carbocycles. The molecule has 0 aromatic carbocycles. The molecule has 1 fully saturated rings. The van der Waals surface area contributed by atoms with Crippen LogP contribution in [0.25, 0.3) is 0 Å². The number of carbonyl (C=O) groups excluding carboxylic acids is 1. The highest BCUT2D eigenvalue weighted by molar-refractivity contribution is 7.16. The maximum absolute atomic E-state index is 12.8. The Kier molecular flexibility index (Phi) is 4.46. The first-order chi connectivity index (χ1) is 10.6. The smallest absolute Gasteiger partial charge is 0.241 e. The Morgan fingerprint density at radius 1 is 1.50 bits per heavy atom. The number of ether oxygens (including phenoxy) is 1. The molecule has 0 bridgehead atoms. The van der Waals surface area contributed by atoms with Crippen LogP contribution in [0.1, 0.15) is 35.5 Å². The minimum Gasteiger partial charge on any atom is -0.423 e. The zero-order chi connectivity index (χ0) is 15.7. The van der Waals surface area contributed by atoms with E-state index in [1.807, 2.05) is 19.1 Å². The molecule has 0 saturated carbocycles. The molecule has 8 heteroatoms. The molecule has 3 heterocycles. The first kappa shape index (κ1) is 15.5. The summed E-state index contributed by atoms with van der Waals surface area (Å²) in [6.07, 6.45) is 0. The zero-order valence-corrected chi connectivity index (χ0v) is 13.9. The predicted octanol–water partition coefficient (Wildman–Crippen LogP) is 2.80. The summed E-state index contributed by atoms with van der Waals surface area (Å²) >= 11 is 7.39. The van der Waals surface area contributed by atoms with Crippen molar-refractivity contribution in [1.82, 2.24) is 15.1 Å². The minimum atomic E-state index is -0.333. The van der Waals surface area contributed by atoms with Gasteiger partial charge in [0.1, 0.15) is 6.04 Å². The molecule has 1 aliphatic heterocycles.